The Kier molecular flexibility index (Phi) is 37.5. The monoisotopic (exact) mass is 2090 g/mol. The van der Waals surface area contributed by atoms with Crippen molar-refractivity contribution >= 4 is 82.9 Å². The van der Waals surface area contributed by atoms with Crippen molar-refractivity contribution in [2.45, 2.75) is 172 Å². The van der Waals surface area contributed by atoms with E-state index in [1.807, 2.05) is 128 Å². The van der Waals surface area contributed by atoms with Gasteiger partial charge in [-0.1, -0.05) is 83.5 Å². The van der Waals surface area contributed by atoms with E-state index < -0.39 is 27.8 Å². The first-order valence-corrected chi connectivity index (χ1v) is 53.5. The molecule has 0 unspecified atom stereocenters. The number of fused-ring (bicyclic) bond motifs is 16. The van der Waals surface area contributed by atoms with Crippen molar-refractivity contribution in [3.63, 3.8) is 0 Å². The molecule has 4 aliphatic heterocycles. The van der Waals surface area contributed by atoms with Crippen LogP contribution in [0.2, 0.25) is 0 Å². The molecule has 0 atom stereocenters. The first-order chi connectivity index (χ1) is 71.5. The predicted octanol–water partition coefficient (Wildman–Crippen LogP) is 15.5. The van der Waals surface area contributed by atoms with Crippen LogP contribution in [0.15, 0.2) is 176 Å². The van der Waals surface area contributed by atoms with E-state index in [0.29, 0.717) is 217 Å². The van der Waals surface area contributed by atoms with Crippen molar-refractivity contribution in [2.24, 2.45) is 0 Å². The van der Waals surface area contributed by atoms with Gasteiger partial charge in [0.1, 0.15) is 41.2 Å². The summed E-state index contributed by atoms with van der Waals surface area (Å²) in [4.78, 5) is 137. The number of thioether (sulfide) groups is 4. The number of benzene rings is 5. The molecule has 5 aromatic carbocycles. The summed E-state index contributed by atoms with van der Waals surface area (Å²) in [5.74, 6) is 5.21. The van der Waals surface area contributed by atoms with Gasteiger partial charge in [0.2, 0.25) is 5.88 Å². The Hall–Kier alpha value is -13.2. The smallest absolute Gasteiger partial charge is 0.410 e. The number of hydrogen-bond acceptors (Lipinski definition) is 29. The first kappa shape index (κ1) is 111. The van der Waals surface area contributed by atoms with Crippen LogP contribution in [0.3, 0.4) is 0 Å². The number of esters is 1. The van der Waals surface area contributed by atoms with Crippen LogP contribution in [-0.4, -0.2) is 266 Å². The van der Waals surface area contributed by atoms with Crippen molar-refractivity contribution < 1.29 is 71.3 Å². The molecule has 17 rings (SSSR count). The second kappa shape index (κ2) is 50.2. The largest absolute Gasteiger partial charge is 0.497 e. The number of nitrogens with zero attached hydrogens (tertiary/aromatic N) is 14. The Morgan fingerprint density at radius 3 is 1.16 bits per heavy atom. The fraction of sp³-hybridized carbons (Fsp3) is 0.459. The average Bonchev–Trinajstić information content (AvgIpc) is 0.729. The second-order valence-corrected chi connectivity index (χ2v) is 42.2. The quantitative estimate of drug-likeness (QED) is 0.0124. The lowest BCUT2D eigenvalue weighted by Gasteiger charge is -2.45. The van der Waals surface area contributed by atoms with Crippen molar-refractivity contribution in [3.05, 3.63) is 217 Å². The molecule has 4 aromatic heterocycles. The molecule has 4 aliphatic carbocycles. The van der Waals surface area contributed by atoms with E-state index in [-0.39, 0.29) is 71.8 Å². The maximum Gasteiger partial charge on any atom is 0.410 e. The standard InChI is InChI=1S/C30H34N4O4S.C28H36N4O6S.C26H29N5O4S.C25H32N4O4S/c1-4-14-34-27(35)25-26(32-29(34)39-18-17-37-2)24-11-10-23(38-3)19-21(24)20-30(25)12-15-33(16-13-30)28(36)31-22-8-6-5-7-9-22;1-5-11-32-25(34)23-24(30-27(32)39-15-14-36-3)21-8-7-20(37-4)16-19(21)17-28(23)9-12-31(13-10-28)26(35)29-18-22(33)38-6-2;1-25(2,3)35-24(32)31-11-7-26(8-12-31)16-17-15-18(33-4)5-6-19(17)21-20(26)22(34-13-9-27)30-23(29-21)36-14-10-28;1-5-10-29-22(30)20-21(27-24(29)34-14-13-32-3)19-7-6-18(33-4)15-17(19)16-25(20)8-11-28(12-9-25)23(31)26-2/h4-11,19H,1,12-18,20H2,2-3H3,(H,31,36);5,7-8,16H,1,6,9-15,17-18H2,2-4H3,(H,29,35);5-6,15H,7-8,11-14,16H2,1-4H3;5-7,15H,1,8-14,16H2,2-4H3,(H,26,31). The number of rotatable bonds is 30. The minimum absolute atomic E-state index is 0.0142. The zero-order valence-corrected chi connectivity index (χ0v) is 89.5. The summed E-state index contributed by atoms with van der Waals surface area (Å²) in [6.07, 6.45) is 12.8. The number of carbonyl (C=O) groups excluding carboxylic acids is 5. The highest BCUT2D eigenvalue weighted by Gasteiger charge is 2.52. The van der Waals surface area contributed by atoms with Gasteiger partial charge in [-0.15, -0.1) is 19.7 Å². The second-order valence-electron chi connectivity index (χ2n) is 38.1. The zero-order valence-electron chi connectivity index (χ0n) is 86.2. The number of nitrogens with one attached hydrogen (secondary N) is 3. The van der Waals surface area contributed by atoms with Crippen LogP contribution in [0, 0.1) is 22.7 Å². The summed E-state index contributed by atoms with van der Waals surface area (Å²) >= 11 is 5.75. The number of carbonyl (C=O) groups is 5. The molecule has 9 aromatic rings. The molecule has 4 saturated heterocycles. The van der Waals surface area contributed by atoms with Crippen molar-refractivity contribution in [1.29, 1.82) is 10.5 Å². The van der Waals surface area contributed by atoms with E-state index in [1.165, 1.54) is 47.0 Å². The molecule has 0 saturated carbocycles. The van der Waals surface area contributed by atoms with E-state index in [4.69, 9.17) is 72.6 Å². The van der Waals surface area contributed by atoms with E-state index in [1.54, 1.807) is 105 Å². The highest BCUT2D eigenvalue weighted by molar-refractivity contribution is 7.99. The summed E-state index contributed by atoms with van der Waals surface area (Å²) < 4.78 is 59.2. The summed E-state index contributed by atoms with van der Waals surface area (Å²) in [5.41, 5.74) is 12.6. The fourth-order valence-electron chi connectivity index (χ4n) is 21.0. The maximum absolute atomic E-state index is 14.2. The van der Waals surface area contributed by atoms with E-state index in [0.717, 1.165) is 113 Å². The lowest BCUT2D eigenvalue weighted by Crippen LogP contribution is -2.52. The van der Waals surface area contributed by atoms with Gasteiger partial charge in [0.15, 0.2) is 27.2 Å². The number of hydrogen-bond donors (Lipinski definition) is 3. The average molecular weight is 2100 g/mol. The number of amides is 7. The maximum atomic E-state index is 14.2. The fourth-order valence-corrected chi connectivity index (χ4v) is 24.2. The summed E-state index contributed by atoms with van der Waals surface area (Å²) in [6.45, 7) is 25.8. The highest BCUT2D eigenvalue weighted by atomic mass is 32.2. The van der Waals surface area contributed by atoms with Gasteiger partial charge in [0.05, 0.1) is 106 Å². The molecule has 8 heterocycles. The van der Waals surface area contributed by atoms with Gasteiger partial charge >= 0.3 is 30.2 Å². The van der Waals surface area contributed by atoms with Crippen LogP contribution < -0.4 is 56.3 Å². The molecule has 4 spiro atoms. The number of anilines is 1. The number of nitriles is 2. The Bertz CT molecular complexity index is 6640. The molecule has 8 aliphatic rings. The van der Waals surface area contributed by atoms with Gasteiger partial charge < -0.3 is 82.9 Å². The number of aromatic nitrogens is 8. The molecular weight excluding hydrogens is 1960 g/mol. The molecule has 148 heavy (non-hydrogen) atoms. The summed E-state index contributed by atoms with van der Waals surface area (Å²) in [5, 5.41) is 29.0. The van der Waals surface area contributed by atoms with Crippen LogP contribution in [0.5, 0.6) is 28.9 Å². The lowest BCUT2D eigenvalue weighted by molar-refractivity contribution is -0.141. The molecule has 784 valence electrons. The van der Waals surface area contributed by atoms with Crippen LogP contribution >= 0.6 is 47.0 Å². The number of para-hydroxylation sites is 1. The number of urea groups is 3. The molecule has 0 radical (unpaired) electrons. The van der Waals surface area contributed by atoms with Crippen molar-refractivity contribution in [1.82, 2.24) is 68.9 Å². The molecular formula is C109H131N17O18S4. The Labute approximate surface area is 880 Å². The minimum Gasteiger partial charge on any atom is -0.497 e. The summed E-state index contributed by atoms with van der Waals surface area (Å²) in [7, 11) is 13.2. The van der Waals surface area contributed by atoms with Gasteiger partial charge in [-0.05, 0) is 212 Å². The van der Waals surface area contributed by atoms with E-state index in [9.17, 15) is 43.6 Å². The van der Waals surface area contributed by atoms with Gasteiger partial charge in [0.25, 0.3) is 16.7 Å². The van der Waals surface area contributed by atoms with Crippen LogP contribution in [0.1, 0.15) is 124 Å². The Morgan fingerprint density at radius 2 is 0.818 bits per heavy atom. The van der Waals surface area contributed by atoms with Crippen molar-refractivity contribution in [3.8, 4) is 86.0 Å². The minimum atomic E-state index is -0.567. The van der Waals surface area contributed by atoms with E-state index >= 15 is 0 Å². The first-order valence-electron chi connectivity index (χ1n) is 49.5. The Morgan fingerprint density at radius 1 is 0.459 bits per heavy atom. The van der Waals surface area contributed by atoms with Crippen LogP contribution in [-0.2, 0) is 95.5 Å². The van der Waals surface area contributed by atoms with Crippen LogP contribution in [0.4, 0.5) is 24.9 Å². The van der Waals surface area contributed by atoms with Gasteiger partial charge in [-0.2, -0.15) is 15.5 Å². The SMILES string of the molecule is C=CCn1c(SCCOC)nc2c(c1=O)C1(CCN(C(=O)NC)CC1)Cc1cc(OC)ccc1-2.C=CCn1c(SCCOC)nc2c(c1=O)C1(CCN(C(=O)NCC(=O)OCC)CC1)Cc1cc(OC)ccc1-2.C=CCn1c(SCCOC)nc2c(c1=O)C1(CCN(C(=O)Nc3ccccc3)CC1)Cc1cc(OC)ccc1-2.COc1ccc2c(c1)CC1(CCN(C(=O)OC(C)(C)C)CC1)c1c(OCC#N)nc(SCC#N)nc1-2. The molecule has 0 bridgehead atoms. The number of ether oxygens (including phenoxy) is 10. The highest BCUT2D eigenvalue weighted by Crippen LogP contribution is 2.55. The van der Waals surface area contributed by atoms with Gasteiger partial charge in [0, 0.05) is 173 Å². The predicted molar refractivity (Wildman–Crippen MR) is 572 cm³/mol. The third-order valence-corrected chi connectivity index (χ3v) is 31.7. The van der Waals surface area contributed by atoms with Crippen molar-refractivity contribution in [2.75, 3.05) is 177 Å². The third-order valence-electron chi connectivity index (χ3n) is 28.1. The molecule has 35 nitrogen and oxygen atoms in total. The number of likely N-dealkylation sites (tertiary alicyclic amines) is 4. The van der Waals surface area contributed by atoms with Gasteiger partial charge in [-0.3, -0.25) is 32.9 Å². The van der Waals surface area contributed by atoms with Crippen LogP contribution in [0.25, 0.3) is 45.0 Å². The summed E-state index contributed by atoms with van der Waals surface area (Å²) in [6, 6.07) is 36.8. The number of piperidine rings is 4. The Balaban J connectivity index is 0.000000156. The number of allylic oxidation sites excluding steroid dienone is 3. The molecule has 7 amide bonds. The molecule has 39 heteroatoms. The number of methoxy groups -OCH3 is 7. The van der Waals surface area contributed by atoms with E-state index in [2.05, 4.69) is 58.9 Å². The van der Waals surface area contributed by atoms with Gasteiger partial charge in [-0.25, -0.2) is 39.1 Å². The molecule has 3 N–H and O–H groups in total. The third kappa shape index (κ3) is 24.7. The lowest BCUT2D eigenvalue weighted by atomic mass is 9.64. The molecule has 4 fully saturated rings. The zero-order chi connectivity index (χ0) is 106. The normalized spacial score (nSPS) is 15.6. The topological polar surface area (TPSA) is 405 Å².